The van der Waals surface area contributed by atoms with Crippen molar-refractivity contribution < 1.29 is 19.4 Å². The van der Waals surface area contributed by atoms with Gasteiger partial charge < -0.3 is 15.2 Å². The van der Waals surface area contributed by atoms with E-state index in [1.54, 1.807) is 25.2 Å². The summed E-state index contributed by atoms with van der Waals surface area (Å²) in [6.45, 7) is 5.77. The largest absolute Gasteiger partial charge is 0.480 e. The number of benzene rings is 2. The number of carboxylic acid groups (broad SMARTS) is 1. The number of nitrogens with zero attached hydrogens (tertiary/aromatic N) is 3. The number of rotatable bonds is 6. The Hall–Kier alpha value is -3.02. The summed E-state index contributed by atoms with van der Waals surface area (Å²) in [6, 6.07) is 11.3. The molecule has 1 amide bonds. The molecule has 3 aromatic rings. The molecule has 0 fully saturated rings. The van der Waals surface area contributed by atoms with Crippen LogP contribution in [0.3, 0.4) is 0 Å². The molecule has 2 heterocycles. The number of ether oxygens (including phenoxy) is 1. The molecule has 0 saturated carbocycles. The van der Waals surface area contributed by atoms with E-state index < -0.39 is 23.8 Å². The molecular formula is C24H24BrN5O4S. The molecule has 2 bridgehead atoms. The van der Waals surface area contributed by atoms with Gasteiger partial charge in [-0.15, -0.1) is 16.5 Å². The summed E-state index contributed by atoms with van der Waals surface area (Å²) in [5, 5.41) is 23.7. The molecule has 2 aromatic carbocycles. The zero-order chi connectivity index (χ0) is 24.9. The molecule has 0 saturated heterocycles. The summed E-state index contributed by atoms with van der Waals surface area (Å²) in [6.07, 6.45) is -0.780. The lowest BCUT2D eigenvalue weighted by Crippen LogP contribution is -2.50. The number of thiophene rings is 1. The zero-order valence-electron chi connectivity index (χ0n) is 19.3. The van der Waals surface area contributed by atoms with Gasteiger partial charge in [0, 0.05) is 31.2 Å². The summed E-state index contributed by atoms with van der Waals surface area (Å²) in [7, 11) is 0. The maximum absolute atomic E-state index is 12.3. The van der Waals surface area contributed by atoms with Gasteiger partial charge in [-0.2, -0.15) is 5.01 Å². The van der Waals surface area contributed by atoms with E-state index in [-0.39, 0.29) is 19.1 Å². The molecule has 1 spiro atoms. The van der Waals surface area contributed by atoms with Crippen molar-refractivity contribution in [2.75, 3.05) is 13.2 Å². The smallest absolute Gasteiger partial charge is 0.407 e. The average Bonchev–Trinajstić information content (AvgIpc) is 3.36. The Morgan fingerprint density at radius 2 is 2.06 bits per heavy atom. The third kappa shape index (κ3) is 3.69. The summed E-state index contributed by atoms with van der Waals surface area (Å²) >= 11 is 5.58. The van der Waals surface area contributed by atoms with Crippen LogP contribution < -0.4 is 10.9 Å². The molecule has 1 aromatic heterocycles. The van der Waals surface area contributed by atoms with Crippen molar-refractivity contribution in [1.82, 2.24) is 15.9 Å². The average molecular weight is 558 g/mol. The second-order valence-electron chi connectivity index (χ2n) is 8.89. The highest BCUT2D eigenvalue weighted by molar-refractivity contribution is 9.10. The first-order chi connectivity index (χ1) is 16.8. The summed E-state index contributed by atoms with van der Waals surface area (Å²) in [5.74, 6) is -1.38. The van der Waals surface area contributed by atoms with Crippen LogP contribution in [-0.2, 0) is 15.2 Å². The monoisotopic (exact) mass is 557 g/mol. The van der Waals surface area contributed by atoms with Crippen molar-refractivity contribution in [2.24, 2.45) is 16.3 Å². The third-order valence-electron chi connectivity index (χ3n) is 6.41. The number of nitrogens with one attached hydrogen (secondary N) is 2. The molecule has 11 heteroatoms. The molecule has 2 atom stereocenters. The number of hydrogen-bond acceptors (Lipinski definition) is 8. The number of hydrazine groups is 1. The first-order valence-electron chi connectivity index (χ1n) is 11.2. The van der Waals surface area contributed by atoms with Crippen LogP contribution in [0.15, 0.2) is 51.2 Å². The first kappa shape index (κ1) is 23.7. The number of carbonyl (C=O) groups is 2. The van der Waals surface area contributed by atoms with E-state index in [1.165, 1.54) is 0 Å². The summed E-state index contributed by atoms with van der Waals surface area (Å²) in [5.41, 5.74) is 6.14. The molecule has 1 unspecified atom stereocenters. The molecule has 182 valence electrons. The first-order valence-corrected chi connectivity index (χ1v) is 12.8. The van der Waals surface area contributed by atoms with Gasteiger partial charge in [0.25, 0.3) is 0 Å². The fraction of sp³-hybridized carbons (Fsp3) is 0.333. The number of carboxylic acids is 1. The minimum absolute atomic E-state index is 0.00248. The predicted octanol–water partition coefficient (Wildman–Crippen LogP) is 5.18. The lowest BCUT2D eigenvalue weighted by Gasteiger charge is -2.36. The predicted molar refractivity (Wildman–Crippen MR) is 136 cm³/mol. The number of fused-ring (bicyclic) bond motifs is 5. The second kappa shape index (κ2) is 8.89. The maximum Gasteiger partial charge on any atom is 0.407 e. The van der Waals surface area contributed by atoms with E-state index in [2.05, 4.69) is 63.2 Å². The Kier molecular flexibility index (Phi) is 6.02. The Labute approximate surface area is 214 Å². The molecule has 2 aliphatic rings. The molecule has 1 aliphatic heterocycles. The lowest BCUT2D eigenvalue weighted by molar-refractivity contribution is -0.140. The van der Waals surface area contributed by atoms with Gasteiger partial charge in [0.2, 0.25) is 5.66 Å². The third-order valence-corrected chi connectivity index (χ3v) is 8.65. The normalized spacial score (nSPS) is 19.1. The van der Waals surface area contributed by atoms with Crippen LogP contribution in [0.2, 0.25) is 0 Å². The fourth-order valence-electron chi connectivity index (χ4n) is 4.78. The molecule has 35 heavy (non-hydrogen) atoms. The fourth-order valence-corrected chi connectivity index (χ4v) is 6.93. The quantitative estimate of drug-likeness (QED) is 0.384. The topological polar surface area (TPSA) is 116 Å². The van der Waals surface area contributed by atoms with Crippen molar-refractivity contribution >= 4 is 49.4 Å². The second-order valence-corrected chi connectivity index (χ2v) is 10.7. The minimum Gasteiger partial charge on any atom is -0.480 e. The van der Waals surface area contributed by atoms with Gasteiger partial charge in [-0.05, 0) is 40.4 Å². The number of amides is 1. The van der Waals surface area contributed by atoms with Gasteiger partial charge in [0.05, 0.1) is 11.4 Å². The number of aliphatic carboxylic acids is 1. The molecule has 0 radical (unpaired) electrons. The Bertz CT molecular complexity index is 1370. The van der Waals surface area contributed by atoms with Crippen LogP contribution in [0.25, 0.3) is 20.5 Å². The molecule has 9 nitrogen and oxygen atoms in total. The maximum atomic E-state index is 12.3. The highest BCUT2D eigenvalue weighted by atomic mass is 79.9. The molecule has 5 rings (SSSR count). The lowest BCUT2D eigenvalue weighted by atomic mass is 9.85. The van der Waals surface area contributed by atoms with Crippen LogP contribution >= 0.6 is 27.3 Å². The van der Waals surface area contributed by atoms with Crippen LogP contribution in [0.5, 0.6) is 0 Å². The van der Waals surface area contributed by atoms with E-state index in [1.807, 2.05) is 17.1 Å². The number of halogens is 1. The van der Waals surface area contributed by atoms with E-state index in [0.717, 1.165) is 41.7 Å². The summed E-state index contributed by atoms with van der Waals surface area (Å²) in [4.78, 5) is 24.8. The number of hydrogen-bond donors (Lipinski definition) is 3. The van der Waals surface area contributed by atoms with Crippen molar-refractivity contribution in [3.8, 4) is 10.4 Å². The molecule has 1 aliphatic carbocycles. The highest BCUT2D eigenvalue weighted by Crippen LogP contribution is 2.56. The number of alkyl carbamates (subject to hydrolysis) is 1. The number of aryl methyl sites for hydroxylation is 1. The van der Waals surface area contributed by atoms with Crippen LogP contribution in [-0.4, -0.2) is 41.4 Å². The standard InChI is InChI=1S/C24H24BrN5O4S/c1-12(2)20(22(31)32)26-23(33)34-11-10-30-24(27-28-29-30)15-7-5-4-6-14(15)21-19(25)17-16(35-21)9-8-13(3)18(17)24/h4-9,12,20H,10-11H2,1-3H3,(H,26,33)(H,27,29)(H,31,32)/t20-,24?/m0/s1. The molecular weight excluding hydrogens is 534 g/mol. The van der Waals surface area contributed by atoms with E-state index in [4.69, 9.17) is 9.85 Å². The van der Waals surface area contributed by atoms with E-state index in [0.29, 0.717) is 0 Å². The van der Waals surface area contributed by atoms with Gasteiger partial charge in [-0.1, -0.05) is 49.4 Å². The Balaban J connectivity index is 1.49. The van der Waals surface area contributed by atoms with Crippen molar-refractivity contribution in [2.45, 2.75) is 32.5 Å². The van der Waals surface area contributed by atoms with Crippen LogP contribution in [0, 0.1) is 12.8 Å². The Morgan fingerprint density at radius 3 is 2.80 bits per heavy atom. The van der Waals surface area contributed by atoms with Gasteiger partial charge in [0.1, 0.15) is 12.6 Å². The summed E-state index contributed by atoms with van der Waals surface area (Å²) < 4.78 is 7.54. The van der Waals surface area contributed by atoms with Gasteiger partial charge in [-0.25, -0.2) is 15.1 Å². The van der Waals surface area contributed by atoms with Crippen molar-refractivity contribution in [3.63, 3.8) is 0 Å². The van der Waals surface area contributed by atoms with Crippen molar-refractivity contribution in [3.05, 3.63) is 57.6 Å². The highest BCUT2D eigenvalue weighted by Gasteiger charge is 2.50. The van der Waals surface area contributed by atoms with E-state index in [9.17, 15) is 14.7 Å². The van der Waals surface area contributed by atoms with E-state index >= 15 is 0 Å². The van der Waals surface area contributed by atoms with Crippen LogP contribution in [0.1, 0.15) is 30.5 Å². The zero-order valence-corrected chi connectivity index (χ0v) is 21.7. The Morgan fingerprint density at radius 1 is 1.29 bits per heavy atom. The van der Waals surface area contributed by atoms with Gasteiger partial charge in [-0.3, -0.25) is 0 Å². The van der Waals surface area contributed by atoms with Gasteiger partial charge >= 0.3 is 12.1 Å². The van der Waals surface area contributed by atoms with Crippen LogP contribution in [0.4, 0.5) is 4.79 Å². The molecule has 3 N–H and O–H groups in total. The minimum atomic E-state index is -1.10. The number of carbonyl (C=O) groups excluding carboxylic acids is 1. The van der Waals surface area contributed by atoms with Crippen molar-refractivity contribution in [1.29, 1.82) is 0 Å². The van der Waals surface area contributed by atoms with Gasteiger partial charge in [0.15, 0.2) is 0 Å². The SMILES string of the molecule is Cc1ccc2sc3c(Br)c2c1C1(N=NNN1CCOC(=O)N[C@H](C(=O)O)C(C)C)c1ccccc1-3.